The van der Waals surface area contributed by atoms with Crippen molar-refractivity contribution in [2.24, 2.45) is 11.8 Å². The molecule has 2 fully saturated rings. The first-order valence-electron chi connectivity index (χ1n) is 7.22. The van der Waals surface area contributed by atoms with Crippen LogP contribution in [0.2, 0.25) is 0 Å². The largest absolute Gasteiger partial charge is 0.354 e. The predicted molar refractivity (Wildman–Crippen MR) is 80.6 cm³/mol. The van der Waals surface area contributed by atoms with Gasteiger partial charge in [-0.1, -0.05) is 0 Å². The Morgan fingerprint density at radius 1 is 1.62 bits per heavy atom. The second-order valence-corrected chi connectivity index (χ2v) is 6.95. The minimum Gasteiger partial charge on any atom is -0.354 e. The maximum Gasteiger partial charge on any atom is 0.275 e. The van der Waals surface area contributed by atoms with E-state index in [2.05, 4.69) is 15.6 Å². The highest BCUT2D eigenvalue weighted by atomic mass is 32.1. The first-order valence-corrected chi connectivity index (χ1v) is 8.04. The number of nitrogens with one attached hydrogen (secondary N) is 2. The molecule has 7 heteroatoms. The van der Waals surface area contributed by atoms with Gasteiger partial charge in [-0.15, -0.1) is 11.3 Å². The van der Waals surface area contributed by atoms with Crippen molar-refractivity contribution in [3.8, 4) is 0 Å². The average molecular weight is 308 g/mol. The number of carbonyl (C=O) groups is 2. The Kier molecular flexibility index (Phi) is 3.97. The van der Waals surface area contributed by atoms with Gasteiger partial charge in [0.05, 0.1) is 10.8 Å². The van der Waals surface area contributed by atoms with Gasteiger partial charge in [-0.3, -0.25) is 19.9 Å². The molecule has 0 aromatic carbocycles. The number of thiophene rings is 1. The molecule has 0 spiro atoms. The Hall–Kier alpha value is -1.44. The highest BCUT2D eigenvalue weighted by Gasteiger charge is 2.40. The van der Waals surface area contributed by atoms with Crippen LogP contribution in [0.5, 0.6) is 0 Å². The number of fused-ring (bicyclic) bond motifs is 1. The Morgan fingerprint density at radius 2 is 2.43 bits per heavy atom. The van der Waals surface area contributed by atoms with Gasteiger partial charge in [-0.05, 0) is 37.9 Å². The molecule has 21 heavy (non-hydrogen) atoms. The van der Waals surface area contributed by atoms with Gasteiger partial charge < -0.3 is 5.32 Å². The number of nitrogens with zero attached hydrogens (tertiary/aromatic N) is 1. The molecule has 0 aliphatic carbocycles. The van der Waals surface area contributed by atoms with Crippen molar-refractivity contribution in [3.63, 3.8) is 0 Å². The smallest absolute Gasteiger partial charge is 0.275 e. The molecule has 6 nitrogen and oxygen atoms in total. The third-order valence-corrected chi connectivity index (χ3v) is 5.56. The highest BCUT2D eigenvalue weighted by Crippen LogP contribution is 2.30. The summed E-state index contributed by atoms with van der Waals surface area (Å²) < 4.78 is 0. The molecular formula is C14H20N4O2S. The number of carbonyl (C=O) groups excluding carboxylic acids is 2. The van der Waals surface area contributed by atoms with E-state index in [1.54, 1.807) is 0 Å². The molecule has 2 atom stereocenters. The van der Waals surface area contributed by atoms with E-state index in [0.717, 1.165) is 42.9 Å². The standard InChI is InChI=1S/C14H20N4O2S/c1-8-9(5-12(21-8)14(20)17-15)7-18-4-2-3-10-11(18)6-16-13(10)19/h5,10-11H,2-4,6-7,15H2,1H3,(H,16,19)(H,17,20). The molecule has 3 rings (SSSR count). The van der Waals surface area contributed by atoms with Gasteiger partial charge in [0.1, 0.15) is 0 Å². The lowest BCUT2D eigenvalue weighted by Gasteiger charge is -2.35. The fourth-order valence-corrected chi connectivity index (χ4v) is 4.25. The van der Waals surface area contributed by atoms with Crippen LogP contribution in [0.4, 0.5) is 0 Å². The summed E-state index contributed by atoms with van der Waals surface area (Å²) in [5.74, 6) is 5.26. The molecule has 0 bridgehead atoms. The molecule has 4 N–H and O–H groups in total. The number of aryl methyl sites for hydroxylation is 1. The van der Waals surface area contributed by atoms with Crippen LogP contribution in [0.3, 0.4) is 0 Å². The lowest BCUT2D eigenvalue weighted by molar-refractivity contribution is -0.124. The maximum absolute atomic E-state index is 11.8. The Balaban J connectivity index is 1.75. The van der Waals surface area contributed by atoms with Gasteiger partial charge in [0.25, 0.3) is 5.91 Å². The zero-order valence-corrected chi connectivity index (χ0v) is 12.8. The fourth-order valence-electron chi connectivity index (χ4n) is 3.32. The van der Waals surface area contributed by atoms with E-state index < -0.39 is 0 Å². The van der Waals surface area contributed by atoms with Crippen LogP contribution in [0.15, 0.2) is 6.07 Å². The zero-order chi connectivity index (χ0) is 15.0. The van der Waals surface area contributed by atoms with E-state index in [1.165, 1.54) is 11.3 Å². The number of amides is 2. The summed E-state index contributed by atoms with van der Waals surface area (Å²) >= 11 is 1.46. The lowest BCUT2D eigenvalue weighted by atomic mass is 9.91. The van der Waals surface area contributed by atoms with Crippen molar-refractivity contribution < 1.29 is 9.59 Å². The molecule has 1 aromatic heterocycles. The summed E-state index contributed by atoms with van der Waals surface area (Å²) in [6, 6.07) is 2.20. The van der Waals surface area contributed by atoms with Crippen LogP contribution in [0.25, 0.3) is 0 Å². The molecule has 1 aromatic rings. The third-order valence-electron chi connectivity index (χ3n) is 4.47. The number of likely N-dealkylation sites (tertiary alicyclic amines) is 1. The van der Waals surface area contributed by atoms with E-state index in [4.69, 9.17) is 5.84 Å². The van der Waals surface area contributed by atoms with Crippen molar-refractivity contribution in [1.82, 2.24) is 15.6 Å². The molecule has 2 aliphatic rings. The summed E-state index contributed by atoms with van der Waals surface area (Å²) in [5.41, 5.74) is 3.32. The molecule has 2 saturated heterocycles. The first-order chi connectivity index (χ1) is 10.1. The molecule has 114 valence electrons. The van der Waals surface area contributed by atoms with Gasteiger partial charge in [0, 0.05) is 24.0 Å². The maximum atomic E-state index is 11.8. The number of piperidine rings is 1. The molecule has 0 radical (unpaired) electrons. The predicted octanol–water partition coefficient (Wildman–Crippen LogP) is 0.370. The van der Waals surface area contributed by atoms with Gasteiger partial charge in [-0.2, -0.15) is 0 Å². The first kappa shape index (κ1) is 14.5. The molecule has 2 aliphatic heterocycles. The summed E-state index contributed by atoms with van der Waals surface area (Å²) in [4.78, 5) is 27.5. The second kappa shape index (κ2) is 5.75. The van der Waals surface area contributed by atoms with Crippen molar-refractivity contribution in [2.75, 3.05) is 13.1 Å². The fraction of sp³-hybridized carbons (Fsp3) is 0.571. The van der Waals surface area contributed by atoms with Gasteiger partial charge in [0.2, 0.25) is 5.91 Å². The van der Waals surface area contributed by atoms with E-state index in [1.807, 2.05) is 13.0 Å². The van der Waals surface area contributed by atoms with E-state index in [-0.39, 0.29) is 23.8 Å². The summed E-state index contributed by atoms with van der Waals surface area (Å²) in [6.45, 7) is 4.55. The van der Waals surface area contributed by atoms with Crippen molar-refractivity contribution in [2.45, 2.75) is 32.4 Å². The minimum absolute atomic E-state index is 0.129. The van der Waals surface area contributed by atoms with Gasteiger partial charge in [-0.25, -0.2) is 5.84 Å². The number of hydrazine groups is 1. The monoisotopic (exact) mass is 308 g/mol. The van der Waals surface area contributed by atoms with Crippen LogP contribution >= 0.6 is 11.3 Å². The molecular weight excluding hydrogens is 288 g/mol. The van der Waals surface area contributed by atoms with Crippen LogP contribution in [-0.2, 0) is 11.3 Å². The molecule has 2 unspecified atom stereocenters. The Bertz CT molecular complexity index is 571. The quantitative estimate of drug-likeness (QED) is 0.428. The highest BCUT2D eigenvalue weighted by molar-refractivity contribution is 7.14. The summed E-state index contributed by atoms with van der Waals surface area (Å²) in [5, 5.41) is 2.97. The molecule has 3 heterocycles. The van der Waals surface area contributed by atoms with Crippen molar-refractivity contribution in [3.05, 3.63) is 21.4 Å². The normalized spacial score (nSPS) is 25.5. The van der Waals surface area contributed by atoms with Gasteiger partial charge >= 0.3 is 0 Å². The van der Waals surface area contributed by atoms with E-state index >= 15 is 0 Å². The van der Waals surface area contributed by atoms with Crippen LogP contribution < -0.4 is 16.6 Å². The molecule has 2 amide bonds. The summed E-state index contributed by atoms with van der Waals surface area (Å²) in [7, 11) is 0. The van der Waals surface area contributed by atoms with Crippen LogP contribution in [0.1, 0.15) is 33.0 Å². The lowest BCUT2D eigenvalue weighted by Crippen LogP contribution is -2.44. The van der Waals surface area contributed by atoms with Gasteiger partial charge in [0.15, 0.2) is 0 Å². The number of nitrogen functional groups attached to an aromatic ring is 1. The topological polar surface area (TPSA) is 87.5 Å². The second-order valence-electron chi connectivity index (χ2n) is 5.70. The average Bonchev–Trinajstić information content (AvgIpc) is 3.04. The molecule has 0 saturated carbocycles. The number of hydrogen-bond acceptors (Lipinski definition) is 5. The number of nitrogens with two attached hydrogens (primary N) is 1. The Labute approximate surface area is 127 Å². The third kappa shape index (κ3) is 2.68. The minimum atomic E-state index is -0.247. The number of rotatable bonds is 3. The van der Waals surface area contributed by atoms with E-state index in [9.17, 15) is 9.59 Å². The van der Waals surface area contributed by atoms with Crippen LogP contribution in [0, 0.1) is 12.8 Å². The number of hydrogen-bond donors (Lipinski definition) is 3. The Morgan fingerprint density at radius 3 is 3.19 bits per heavy atom. The summed E-state index contributed by atoms with van der Waals surface area (Å²) in [6.07, 6.45) is 2.03. The SMILES string of the molecule is Cc1sc(C(=O)NN)cc1CN1CCCC2C(=O)NCC21. The van der Waals surface area contributed by atoms with Crippen molar-refractivity contribution >= 4 is 23.2 Å². The zero-order valence-electron chi connectivity index (χ0n) is 12.0. The van der Waals surface area contributed by atoms with E-state index in [0.29, 0.717) is 4.88 Å². The van der Waals surface area contributed by atoms with Crippen LogP contribution in [-0.4, -0.2) is 35.8 Å². The van der Waals surface area contributed by atoms with Crippen molar-refractivity contribution in [1.29, 1.82) is 0 Å².